The zero-order chi connectivity index (χ0) is 21.5. The van der Waals surface area contributed by atoms with E-state index in [0.717, 1.165) is 5.69 Å². The number of fused-ring (bicyclic) bond motifs is 1. The van der Waals surface area contributed by atoms with Gasteiger partial charge in [-0.2, -0.15) is 0 Å². The summed E-state index contributed by atoms with van der Waals surface area (Å²) in [5, 5.41) is 2.75. The molecule has 0 aliphatic rings. The van der Waals surface area contributed by atoms with Crippen molar-refractivity contribution < 1.29 is 12.8 Å². The van der Waals surface area contributed by atoms with Gasteiger partial charge >= 0.3 is 0 Å². The fourth-order valence-corrected chi connectivity index (χ4v) is 4.38. The number of aryl methyl sites for hydroxylation is 2. The molecule has 0 fully saturated rings. The predicted molar refractivity (Wildman–Crippen MR) is 107 cm³/mol. The number of aromatic amines is 1. The van der Waals surface area contributed by atoms with Gasteiger partial charge in [-0.3, -0.25) is 9.89 Å². The van der Waals surface area contributed by atoms with E-state index in [1.807, 2.05) is 0 Å². The lowest BCUT2D eigenvalue weighted by Gasteiger charge is -2.18. The molecule has 30 heavy (non-hydrogen) atoms. The van der Waals surface area contributed by atoms with Crippen molar-refractivity contribution in [2.45, 2.75) is 24.4 Å². The first kappa shape index (κ1) is 20.0. The van der Waals surface area contributed by atoms with E-state index in [-0.39, 0.29) is 17.0 Å². The molecule has 9 nitrogen and oxygen atoms in total. The zero-order valence-corrected chi connectivity index (χ0v) is 17.0. The lowest BCUT2D eigenvalue weighted by Crippen LogP contribution is -2.31. The minimum Gasteiger partial charge on any atom is -0.339 e. The van der Waals surface area contributed by atoms with Gasteiger partial charge in [0.1, 0.15) is 5.82 Å². The maximum atomic E-state index is 13.4. The summed E-state index contributed by atoms with van der Waals surface area (Å²) in [5.74, 6) is -0.439. The van der Waals surface area contributed by atoms with Crippen molar-refractivity contribution in [3.8, 4) is 0 Å². The molecule has 4 aromatic rings. The lowest BCUT2D eigenvalue weighted by molar-refractivity contribution is 0.549. The van der Waals surface area contributed by atoms with Crippen LogP contribution in [0.1, 0.15) is 23.0 Å². The SMILES string of the molecule is Cc1cc2nc(C[C@@H](NS(=O)(=O)c3cn(C)cn3)c3ccc(F)cc3)cc(=O)n2[nH]1. The molecule has 3 heterocycles. The quantitative estimate of drug-likeness (QED) is 0.481. The van der Waals surface area contributed by atoms with Crippen LogP contribution in [0.25, 0.3) is 5.65 Å². The van der Waals surface area contributed by atoms with Crippen LogP contribution in [0.4, 0.5) is 4.39 Å². The number of nitrogens with one attached hydrogen (secondary N) is 2. The molecule has 4 rings (SSSR count). The van der Waals surface area contributed by atoms with Crippen LogP contribution in [-0.4, -0.2) is 32.6 Å². The molecule has 1 atom stereocenters. The van der Waals surface area contributed by atoms with Crippen molar-refractivity contribution in [3.63, 3.8) is 0 Å². The molecule has 0 bridgehead atoms. The van der Waals surface area contributed by atoms with Crippen LogP contribution in [0.2, 0.25) is 0 Å². The number of hydrogen-bond donors (Lipinski definition) is 2. The van der Waals surface area contributed by atoms with Gasteiger partial charge in [-0.25, -0.2) is 32.0 Å². The number of sulfonamides is 1. The summed E-state index contributed by atoms with van der Waals surface area (Å²) >= 11 is 0. The second-order valence-corrected chi connectivity index (χ2v) is 8.69. The van der Waals surface area contributed by atoms with Gasteiger partial charge in [0.15, 0.2) is 10.7 Å². The Labute approximate surface area is 171 Å². The Bertz CT molecular complexity index is 1370. The third kappa shape index (κ3) is 4.02. The van der Waals surface area contributed by atoms with E-state index in [2.05, 4.69) is 19.8 Å². The molecule has 1 aromatic carbocycles. The van der Waals surface area contributed by atoms with E-state index < -0.39 is 21.9 Å². The van der Waals surface area contributed by atoms with E-state index in [0.29, 0.717) is 16.9 Å². The van der Waals surface area contributed by atoms with Crippen LogP contribution < -0.4 is 10.3 Å². The van der Waals surface area contributed by atoms with Gasteiger partial charge in [-0.15, -0.1) is 0 Å². The molecular weight excluding hydrogens is 411 g/mol. The normalized spacial score (nSPS) is 13.0. The molecule has 0 radical (unpaired) electrons. The summed E-state index contributed by atoms with van der Waals surface area (Å²) in [5.41, 5.74) is 1.82. The minimum atomic E-state index is -3.96. The van der Waals surface area contributed by atoms with Crippen molar-refractivity contribution in [1.82, 2.24) is 28.9 Å². The van der Waals surface area contributed by atoms with Gasteiger partial charge in [0, 0.05) is 37.5 Å². The number of aromatic nitrogens is 5. The Morgan fingerprint density at radius 3 is 2.63 bits per heavy atom. The Kier molecular flexibility index (Phi) is 5.00. The van der Waals surface area contributed by atoms with Crippen molar-refractivity contribution in [2.75, 3.05) is 0 Å². The molecule has 0 saturated heterocycles. The molecule has 0 aliphatic carbocycles. The third-order valence-corrected chi connectivity index (χ3v) is 5.93. The van der Waals surface area contributed by atoms with Gasteiger partial charge < -0.3 is 4.57 Å². The van der Waals surface area contributed by atoms with Crippen molar-refractivity contribution in [1.29, 1.82) is 0 Å². The number of H-pyrrole nitrogens is 1. The molecule has 0 spiro atoms. The van der Waals surface area contributed by atoms with Crippen LogP contribution in [-0.2, 0) is 23.5 Å². The molecule has 2 N–H and O–H groups in total. The van der Waals surface area contributed by atoms with E-state index in [1.54, 1.807) is 20.0 Å². The number of imidazole rings is 1. The number of hydrogen-bond acceptors (Lipinski definition) is 5. The molecule has 0 aliphatic heterocycles. The summed E-state index contributed by atoms with van der Waals surface area (Å²) in [7, 11) is -2.30. The molecule has 0 saturated carbocycles. The standard InChI is InChI=1S/C19H19FN6O3S/c1-12-7-17-22-15(9-19(27)26(17)23-12)8-16(13-3-5-14(20)6-4-13)24-30(28,29)18-10-25(2)11-21-18/h3-7,9-11,16,23-24H,8H2,1-2H3/t16-/m1/s1. The Morgan fingerprint density at radius 2 is 1.97 bits per heavy atom. The highest BCUT2D eigenvalue weighted by atomic mass is 32.2. The van der Waals surface area contributed by atoms with E-state index in [9.17, 15) is 17.6 Å². The number of benzene rings is 1. The molecule has 0 unspecified atom stereocenters. The monoisotopic (exact) mass is 430 g/mol. The number of halogens is 1. The van der Waals surface area contributed by atoms with Crippen LogP contribution in [0, 0.1) is 12.7 Å². The highest BCUT2D eigenvalue weighted by molar-refractivity contribution is 7.89. The Balaban J connectivity index is 1.72. The van der Waals surface area contributed by atoms with E-state index in [4.69, 9.17) is 0 Å². The summed E-state index contributed by atoms with van der Waals surface area (Å²) in [6, 6.07) is 7.76. The summed E-state index contributed by atoms with van der Waals surface area (Å²) in [6.07, 6.45) is 2.85. The molecule has 0 amide bonds. The average Bonchev–Trinajstić information content (AvgIpc) is 3.27. The van der Waals surface area contributed by atoms with Gasteiger partial charge in [-0.05, 0) is 24.6 Å². The summed E-state index contributed by atoms with van der Waals surface area (Å²) in [4.78, 5) is 20.7. The fourth-order valence-electron chi connectivity index (χ4n) is 3.17. The third-order valence-electron chi connectivity index (χ3n) is 4.57. The fraction of sp³-hybridized carbons (Fsp3) is 0.211. The first-order valence-electron chi connectivity index (χ1n) is 9.05. The van der Waals surface area contributed by atoms with Gasteiger partial charge in [0.25, 0.3) is 15.6 Å². The maximum Gasteiger partial charge on any atom is 0.272 e. The zero-order valence-electron chi connectivity index (χ0n) is 16.2. The smallest absolute Gasteiger partial charge is 0.272 e. The molecular formula is C19H19FN6O3S. The number of rotatable bonds is 6. The number of nitrogens with zero attached hydrogens (tertiary/aromatic N) is 4. The largest absolute Gasteiger partial charge is 0.339 e. The van der Waals surface area contributed by atoms with Crippen molar-refractivity contribution in [3.05, 3.63) is 82.0 Å². The molecule has 3 aromatic heterocycles. The van der Waals surface area contributed by atoms with E-state index >= 15 is 0 Å². The van der Waals surface area contributed by atoms with Gasteiger partial charge in [0.2, 0.25) is 0 Å². The molecule has 11 heteroatoms. The maximum absolute atomic E-state index is 13.4. The minimum absolute atomic E-state index is 0.0909. The summed E-state index contributed by atoms with van der Waals surface area (Å²) in [6.45, 7) is 1.80. The lowest BCUT2D eigenvalue weighted by atomic mass is 10.0. The first-order valence-corrected chi connectivity index (χ1v) is 10.5. The molecule has 156 valence electrons. The Morgan fingerprint density at radius 1 is 1.23 bits per heavy atom. The Hall–Kier alpha value is -3.31. The first-order chi connectivity index (χ1) is 14.2. The van der Waals surface area contributed by atoms with Crippen LogP contribution in [0.15, 0.2) is 58.7 Å². The van der Waals surface area contributed by atoms with Crippen molar-refractivity contribution >= 4 is 15.7 Å². The second-order valence-electron chi connectivity index (χ2n) is 7.03. The average molecular weight is 430 g/mol. The topological polar surface area (TPSA) is 114 Å². The van der Waals surface area contributed by atoms with Gasteiger partial charge in [-0.1, -0.05) is 12.1 Å². The van der Waals surface area contributed by atoms with Crippen LogP contribution in [0.3, 0.4) is 0 Å². The van der Waals surface area contributed by atoms with E-state index in [1.165, 1.54) is 51.9 Å². The van der Waals surface area contributed by atoms with Crippen LogP contribution in [0.5, 0.6) is 0 Å². The van der Waals surface area contributed by atoms with Gasteiger partial charge in [0.05, 0.1) is 18.1 Å². The predicted octanol–water partition coefficient (Wildman–Crippen LogP) is 1.47. The second kappa shape index (κ2) is 7.50. The highest BCUT2D eigenvalue weighted by Gasteiger charge is 2.24. The summed E-state index contributed by atoms with van der Waals surface area (Å²) < 4.78 is 44.5. The van der Waals surface area contributed by atoms with Crippen LogP contribution >= 0.6 is 0 Å². The van der Waals surface area contributed by atoms with Crippen molar-refractivity contribution in [2.24, 2.45) is 7.05 Å². The highest BCUT2D eigenvalue weighted by Crippen LogP contribution is 2.21.